The Hall–Kier alpha value is -3.21. The van der Waals surface area contributed by atoms with E-state index in [1.54, 1.807) is 0 Å². The molecule has 1 aliphatic rings. The van der Waals surface area contributed by atoms with E-state index in [2.05, 4.69) is 39.5 Å². The number of aromatic nitrogens is 2. The predicted molar refractivity (Wildman–Crippen MR) is 115 cm³/mol. The zero-order valence-corrected chi connectivity index (χ0v) is 16.7. The van der Waals surface area contributed by atoms with E-state index < -0.39 is 0 Å². The van der Waals surface area contributed by atoms with Gasteiger partial charge in [0.15, 0.2) is 5.82 Å². The molecule has 0 radical (unpaired) electrons. The molecular formula is C24H26N4O. The van der Waals surface area contributed by atoms with Crippen LogP contribution < -0.4 is 10.2 Å². The maximum Gasteiger partial charge on any atom is 0.223 e. The highest BCUT2D eigenvalue weighted by atomic mass is 16.1. The van der Waals surface area contributed by atoms with Gasteiger partial charge >= 0.3 is 0 Å². The lowest BCUT2D eigenvalue weighted by Crippen LogP contribution is -2.40. The molecule has 4 rings (SSSR count). The van der Waals surface area contributed by atoms with Gasteiger partial charge < -0.3 is 10.2 Å². The first kappa shape index (κ1) is 19.1. The molecule has 1 aliphatic heterocycles. The second kappa shape index (κ2) is 8.86. The van der Waals surface area contributed by atoms with Gasteiger partial charge in [-0.1, -0.05) is 60.2 Å². The number of amides is 1. The van der Waals surface area contributed by atoms with Gasteiger partial charge in [-0.3, -0.25) is 4.79 Å². The average molecular weight is 386 g/mol. The minimum atomic E-state index is 0.0626. The number of piperidine rings is 1. The fraction of sp³-hybridized carbons (Fsp3) is 0.292. The SMILES string of the molecule is Cc1cccc(CNC(=O)C2CCN(c3ccc(-c4ccccc4)nn3)CC2)c1. The van der Waals surface area contributed by atoms with Gasteiger partial charge in [-0.15, -0.1) is 10.2 Å². The molecule has 0 saturated carbocycles. The zero-order valence-electron chi connectivity index (χ0n) is 16.7. The van der Waals surface area contributed by atoms with E-state index in [4.69, 9.17) is 0 Å². The summed E-state index contributed by atoms with van der Waals surface area (Å²) in [5.41, 5.74) is 4.30. The van der Waals surface area contributed by atoms with Crippen molar-refractivity contribution in [2.45, 2.75) is 26.3 Å². The van der Waals surface area contributed by atoms with Crippen LogP contribution in [0.15, 0.2) is 66.7 Å². The first-order valence-corrected chi connectivity index (χ1v) is 10.2. The van der Waals surface area contributed by atoms with Crippen LogP contribution in [0.5, 0.6) is 0 Å². The Bertz CT molecular complexity index is 948. The molecule has 1 saturated heterocycles. The molecule has 1 aromatic heterocycles. The van der Waals surface area contributed by atoms with Crippen LogP contribution in [0.4, 0.5) is 5.82 Å². The summed E-state index contributed by atoms with van der Waals surface area (Å²) in [5, 5.41) is 11.9. The average Bonchev–Trinajstić information content (AvgIpc) is 2.78. The summed E-state index contributed by atoms with van der Waals surface area (Å²) in [5.74, 6) is 1.09. The molecule has 2 heterocycles. The van der Waals surface area contributed by atoms with E-state index in [1.807, 2.05) is 54.6 Å². The molecule has 3 aromatic rings. The van der Waals surface area contributed by atoms with Crippen molar-refractivity contribution >= 4 is 11.7 Å². The normalized spacial score (nSPS) is 14.6. The van der Waals surface area contributed by atoms with Crippen molar-refractivity contribution in [1.29, 1.82) is 0 Å². The minimum absolute atomic E-state index is 0.0626. The van der Waals surface area contributed by atoms with Gasteiger partial charge in [-0.2, -0.15) is 0 Å². The third-order valence-electron chi connectivity index (χ3n) is 5.46. The number of nitrogens with one attached hydrogen (secondary N) is 1. The Kier molecular flexibility index (Phi) is 5.84. The van der Waals surface area contributed by atoms with Crippen LogP contribution in [0.3, 0.4) is 0 Å². The fourth-order valence-corrected chi connectivity index (χ4v) is 3.78. The number of anilines is 1. The van der Waals surface area contributed by atoms with Crippen molar-refractivity contribution < 1.29 is 4.79 Å². The molecule has 29 heavy (non-hydrogen) atoms. The number of hydrogen-bond acceptors (Lipinski definition) is 4. The van der Waals surface area contributed by atoms with Gasteiger partial charge in [0.1, 0.15) is 0 Å². The van der Waals surface area contributed by atoms with E-state index in [9.17, 15) is 4.79 Å². The number of carbonyl (C=O) groups excluding carboxylic acids is 1. The van der Waals surface area contributed by atoms with Gasteiger partial charge in [0.05, 0.1) is 5.69 Å². The van der Waals surface area contributed by atoms with Gasteiger partial charge in [0, 0.05) is 31.1 Å². The monoisotopic (exact) mass is 386 g/mol. The molecule has 0 spiro atoms. The summed E-state index contributed by atoms with van der Waals surface area (Å²) in [6, 6.07) is 22.3. The number of hydrogen-bond donors (Lipinski definition) is 1. The summed E-state index contributed by atoms with van der Waals surface area (Å²) >= 11 is 0. The van der Waals surface area contributed by atoms with Crippen molar-refractivity contribution in [1.82, 2.24) is 15.5 Å². The Labute approximate surface area is 171 Å². The number of aryl methyl sites for hydroxylation is 1. The highest BCUT2D eigenvalue weighted by Gasteiger charge is 2.25. The molecule has 1 amide bonds. The van der Waals surface area contributed by atoms with Crippen LogP contribution in [-0.4, -0.2) is 29.2 Å². The zero-order chi connectivity index (χ0) is 20.1. The molecule has 0 unspecified atom stereocenters. The summed E-state index contributed by atoms with van der Waals surface area (Å²) in [7, 11) is 0. The topological polar surface area (TPSA) is 58.1 Å². The predicted octanol–water partition coefficient (Wildman–Crippen LogP) is 3.98. The number of rotatable bonds is 5. The number of carbonyl (C=O) groups is 1. The molecule has 0 aliphatic carbocycles. The number of benzene rings is 2. The smallest absolute Gasteiger partial charge is 0.223 e. The Morgan fingerprint density at radius 3 is 2.48 bits per heavy atom. The molecule has 5 nitrogen and oxygen atoms in total. The van der Waals surface area contributed by atoms with Crippen LogP contribution in [0, 0.1) is 12.8 Å². The van der Waals surface area contributed by atoms with Gasteiger partial charge in [0.25, 0.3) is 0 Å². The van der Waals surface area contributed by atoms with E-state index in [1.165, 1.54) is 5.56 Å². The third-order valence-corrected chi connectivity index (χ3v) is 5.46. The lowest BCUT2D eigenvalue weighted by atomic mass is 9.95. The molecule has 2 aromatic carbocycles. The van der Waals surface area contributed by atoms with Crippen LogP contribution in [0.25, 0.3) is 11.3 Å². The van der Waals surface area contributed by atoms with Gasteiger partial charge in [-0.05, 0) is 37.5 Å². The minimum Gasteiger partial charge on any atom is -0.355 e. The maximum absolute atomic E-state index is 12.5. The second-order valence-electron chi connectivity index (χ2n) is 7.61. The van der Waals surface area contributed by atoms with Crippen LogP contribution in [-0.2, 0) is 11.3 Å². The Morgan fingerprint density at radius 2 is 1.79 bits per heavy atom. The van der Waals surface area contributed by atoms with E-state index in [0.29, 0.717) is 6.54 Å². The summed E-state index contributed by atoms with van der Waals surface area (Å²) in [6.45, 7) is 4.30. The van der Waals surface area contributed by atoms with Crippen molar-refractivity contribution in [3.8, 4) is 11.3 Å². The first-order valence-electron chi connectivity index (χ1n) is 10.2. The Balaban J connectivity index is 1.29. The largest absolute Gasteiger partial charge is 0.355 e. The lowest BCUT2D eigenvalue weighted by molar-refractivity contribution is -0.125. The quantitative estimate of drug-likeness (QED) is 0.720. The molecule has 5 heteroatoms. The maximum atomic E-state index is 12.5. The highest BCUT2D eigenvalue weighted by molar-refractivity contribution is 5.79. The number of nitrogens with zero attached hydrogens (tertiary/aromatic N) is 3. The third kappa shape index (κ3) is 4.80. The highest BCUT2D eigenvalue weighted by Crippen LogP contribution is 2.23. The molecule has 1 N–H and O–H groups in total. The lowest BCUT2D eigenvalue weighted by Gasteiger charge is -2.31. The van der Waals surface area contributed by atoms with Crippen molar-refractivity contribution in [3.63, 3.8) is 0 Å². The van der Waals surface area contributed by atoms with Crippen LogP contribution in [0.1, 0.15) is 24.0 Å². The Morgan fingerprint density at radius 1 is 1.00 bits per heavy atom. The summed E-state index contributed by atoms with van der Waals surface area (Å²) in [6.07, 6.45) is 1.67. The molecule has 148 valence electrons. The first-order chi connectivity index (χ1) is 14.2. The summed E-state index contributed by atoms with van der Waals surface area (Å²) in [4.78, 5) is 14.8. The standard InChI is InChI=1S/C24H26N4O/c1-18-6-5-7-19(16-18)17-25-24(29)21-12-14-28(15-13-21)23-11-10-22(26-27-23)20-8-3-2-4-9-20/h2-11,16,21H,12-15,17H2,1H3,(H,25,29). The van der Waals surface area contributed by atoms with Gasteiger partial charge in [0.2, 0.25) is 5.91 Å². The second-order valence-corrected chi connectivity index (χ2v) is 7.61. The van der Waals surface area contributed by atoms with E-state index in [0.717, 1.165) is 48.6 Å². The van der Waals surface area contributed by atoms with Crippen molar-refractivity contribution in [2.24, 2.45) is 5.92 Å². The molecule has 0 atom stereocenters. The fourth-order valence-electron chi connectivity index (χ4n) is 3.78. The van der Waals surface area contributed by atoms with Gasteiger partial charge in [-0.25, -0.2) is 0 Å². The van der Waals surface area contributed by atoms with Crippen molar-refractivity contribution in [3.05, 3.63) is 77.9 Å². The molecule has 0 bridgehead atoms. The summed E-state index contributed by atoms with van der Waals surface area (Å²) < 4.78 is 0. The van der Waals surface area contributed by atoms with Crippen LogP contribution in [0.2, 0.25) is 0 Å². The van der Waals surface area contributed by atoms with E-state index in [-0.39, 0.29) is 11.8 Å². The molecule has 1 fully saturated rings. The van der Waals surface area contributed by atoms with Crippen molar-refractivity contribution in [2.75, 3.05) is 18.0 Å². The van der Waals surface area contributed by atoms with E-state index >= 15 is 0 Å². The van der Waals surface area contributed by atoms with Crippen LogP contribution >= 0.6 is 0 Å². The molecular weight excluding hydrogens is 360 g/mol.